The van der Waals surface area contributed by atoms with Crippen molar-refractivity contribution in [1.29, 1.82) is 0 Å². The number of nitrogens with one attached hydrogen (secondary N) is 1. The smallest absolute Gasteiger partial charge is 1.00 e. The van der Waals surface area contributed by atoms with Gasteiger partial charge < -0.3 is 21.8 Å². The number of pyridine rings is 2. The van der Waals surface area contributed by atoms with Crippen molar-refractivity contribution in [3.05, 3.63) is 105 Å². The number of carbonyl (C=O) groups is 3. The van der Waals surface area contributed by atoms with E-state index in [-0.39, 0.29) is 180 Å². The molecule has 2 amide bonds. The van der Waals surface area contributed by atoms with Gasteiger partial charge in [0.25, 0.3) is 6.47 Å². The molecular formula is C55H73BrCs2N10O7. The summed E-state index contributed by atoms with van der Waals surface area (Å²) in [5.41, 5.74) is 9.07. The molecule has 2 aromatic carbocycles. The molecule has 6 aromatic rings. The van der Waals surface area contributed by atoms with Crippen LogP contribution in [0.5, 0.6) is 0 Å². The molecule has 17 nitrogen and oxygen atoms in total. The summed E-state index contributed by atoms with van der Waals surface area (Å²) in [5.74, 6) is 2.12. The number of alkyl halides is 1. The summed E-state index contributed by atoms with van der Waals surface area (Å²) in [6.45, 7) is 20.5. The van der Waals surface area contributed by atoms with Crippen molar-refractivity contribution >= 4 is 56.5 Å². The number of rotatable bonds is 12. The minimum absolute atomic E-state index is 0. The number of nitrogens with zero attached hydrogens (tertiary/aromatic N) is 9. The maximum Gasteiger partial charge on any atom is 1.00 e. The van der Waals surface area contributed by atoms with Crippen LogP contribution in [0.25, 0.3) is 44.8 Å². The molecule has 4 aromatic heterocycles. The van der Waals surface area contributed by atoms with E-state index in [9.17, 15) is 19.2 Å². The average Bonchev–Trinajstić information content (AvgIpc) is 4.31. The summed E-state index contributed by atoms with van der Waals surface area (Å²) in [6.07, 6.45) is 5.47. The molecule has 4 fully saturated rings. The Morgan fingerprint density at radius 1 is 0.693 bits per heavy atom. The van der Waals surface area contributed by atoms with E-state index in [1.165, 1.54) is 36.6 Å². The molecule has 0 radical (unpaired) electrons. The van der Waals surface area contributed by atoms with Crippen molar-refractivity contribution in [1.82, 2.24) is 48.3 Å². The summed E-state index contributed by atoms with van der Waals surface area (Å²) in [6, 6.07) is 24.6. The number of fused-ring (bicyclic) bond motifs is 2. The third kappa shape index (κ3) is 18.6. The third-order valence-corrected chi connectivity index (χ3v) is 14.0. The Balaban J connectivity index is 0.000000274. The summed E-state index contributed by atoms with van der Waals surface area (Å²) in [4.78, 5) is 77.2. The van der Waals surface area contributed by atoms with Crippen molar-refractivity contribution in [2.75, 3.05) is 51.1 Å². The van der Waals surface area contributed by atoms with E-state index in [0.717, 1.165) is 90.2 Å². The largest absolute Gasteiger partial charge is 1.00 e. The van der Waals surface area contributed by atoms with Gasteiger partial charge in [-0.2, -0.15) is 0 Å². The first-order valence-electron chi connectivity index (χ1n) is 25.3. The van der Waals surface area contributed by atoms with Crippen LogP contribution in [0, 0.1) is 22.7 Å². The molecule has 2 aliphatic heterocycles. The van der Waals surface area contributed by atoms with E-state index in [4.69, 9.17) is 20.0 Å². The van der Waals surface area contributed by atoms with Crippen LogP contribution in [0.3, 0.4) is 0 Å². The number of amides is 2. The fourth-order valence-electron chi connectivity index (χ4n) is 9.09. The predicted molar refractivity (Wildman–Crippen MR) is 287 cm³/mol. The number of hydrogen-bond acceptors (Lipinski definition) is 11. The molecule has 75 heavy (non-hydrogen) atoms. The van der Waals surface area contributed by atoms with Gasteiger partial charge in [0.2, 0.25) is 11.8 Å². The van der Waals surface area contributed by atoms with Crippen LogP contribution in [0.2, 0.25) is 0 Å². The van der Waals surface area contributed by atoms with E-state index in [2.05, 4.69) is 108 Å². The zero-order valence-electron chi connectivity index (χ0n) is 46.7. The number of hydrogen-bond donors (Lipinski definition) is 1. The van der Waals surface area contributed by atoms with Crippen LogP contribution >= 0.6 is 15.9 Å². The number of aromatic nitrogens is 6. The van der Waals surface area contributed by atoms with E-state index in [1.807, 2.05) is 56.5 Å². The average molecular weight is 1330 g/mol. The summed E-state index contributed by atoms with van der Waals surface area (Å²) >= 11 is 3.38. The van der Waals surface area contributed by atoms with Gasteiger partial charge in [0.1, 0.15) is 0 Å². The second kappa shape index (κ2) is 29.0. The van der Waals surface area contributed by atoms with E-state index in [0.29, 0.717) is 44.0 Å². The van der Waals surface area contributed by atoms with Crippen LogP contribution in [0.15, 0.2) is 82.4 Å². The fourth-order valence-corrected chi connectivity index (χ4v) is 9.74. The SMILES string of the molecule is BrCC1CC1.Cn1c(=O)n(CC(C)(C)C)c2ccc(-c3cccc(CN4CCN(CC5CC5)C(=O)C4)c3)nc21.Cn1c(=O)n(CC(C)(C)C)c2ccc(-c3cccc(CN4CCNC(=O)C4)c3)nc21.O=CO[O-].[Cs+].[Cs+].[H-]. The maximum atomic E-state index is 12.9. The maximum absolute atomic E-state index is 12.9. The van der Waals surface area contributed by atoms with Crippen LogP contribution < -0.4 is 160 Å². The van der Waals surface area contributed by atoms with Crippen LogP contribution in [-0.2, 0) is 59.5 Å². The molecular weight excluding hydrogens is 1260 g/mol. The number of aryl methyl sites for hydroxylation is 2. The van der Waals surface area contributed by atoms with Crippen molar-refractivity contribution in [2.24, 2.45) is 36.8 Å². The third-order valence-electron chi connectivity index (χ3n) is 13.1. The summed E-state index contributed by atoms with van der Waals surface area (Å²) < 4.78 is 6.90. The molecule has 394 valence electrons. The topological polar surface area (TPSA) is 185 Å². The molecule has 20 heteroatoms. The van der Waals surface area contributed by atoms with Gasteiger partial charge in [-0.3, -0.25) is 42.5 Å². The molecule has 6 heterocycles. The molecule has 0 atom stereocenters. The van der Waals surface area contributed by atoms with Crippen LogP contribution in [0.1, 0.15) is 79.8 Å². The molecule has 2 saturated carbocycles. The van der Waals surface area contributed by atoms with Gasteiger partial charge in [0.15, 0.2) is 11.3 Å². The Bertz CT molecular complexity index is 3030. The molecule has 4 aliphatic rings. The molecule has 1 N–H and O–H groups in total. The Morgan fingerprint density at radius 2 is 1.16 bits per heavy atom. The first-order valence-corrected chi connectivity index (χ1v) is 26.4. The van der Waals surface area contributed by atoms with Gasteiger partial charge in [-0.05, 0) is 95.9 Å². The Labute approximate surface area is 568 Å². The first kappa shape index (κ1) is 64.0. The molecule has 0 bridgehead atoms. The monoisotopic (exact) mass is 1330 g/mol. The molecule has 2 aliphatic carbocycles. The minimum atomic E-state index is -0.181. The van der Waals surface area contributed by atoms with Crippen molar-refractivity contribution in [2.45, 2.75) is 93.4 Å². The first-order chi connectivity index (χ1) is 34.7. The number of benzene rings is 2. The molecule has 2 saturated heterocycles. The summed E-state index contributed by atoms with van der Waals surface area (Å²) in [7, 11) is 3.56. The number of halogens is 1. The fraction of sp³-hybridized carbons (Fsp3) is 0.509. The Kier molecular flexibility index (Phi) is 24.8. The van der Waals surface area contributed by atoms with E-state index in [1.54, 1.807) is 23.2 Å². The second-order valence-electron chi connectivity index (χ2n) is 22.3. The normalized spacial score (nSPS) is 16.1. The quantitative estimate of drug-likeness (QED) is 0.0767. The predicted octanol–water partition coefficient (Wildman–Crippen LogP) is 0.229. The Hall–Kier alpha value is -1.85. The molecule has 10 rings (SSSR count). The molecule has 0 spiro atoms. The number of piperazine rings is 2. The van der Waals surface area contributed by atoms with Gasteiger partial charge in [-0.25, -0.2) is 19.6 Å². The zero-order chi connectivity index (χ0) is 52.6. The van der Waals surface area contributed by atoms with Gasteiger partial charge in [0.05, 0.1) is 35.5 Å². The van der Waals surface area contributed by atoms with Crippen molar-refractivity contribution < 1.29 is 164 Å². The van der Waals surface area contributed by atoms with Gasteiger partial charge in [-0.1, -0.05) is 93.9 Å². The van der Waals surface area contributed by atoms with E-state index >= 15 is 0 Å². The second-order valence-corrected chi connectivity index (χ2v) is 22.9. The van der Waals surface area contributed by atoms with Crippen LogP contribution in [-0.4, -0.2) is 112 Å². The Morgan fingerprint density at radius 3 is 1.55 bits per heavy atom. The van der Waals surface area contributed by atoms with Crippen molar-refractivity contribution in [3.8, 4) is 22.5 Å². The minimum Gasteiger partial charge on any atom is -1.00 e. The van der Waals surface area contributed by atoms with Gasteiger partial charge in [-0.15, -0.1) is 0 Å². The zero-order valence-corrected chi connectivity index (χ0v) is 59.9. The van der Waals surface area contributed by atoms with Crippen molar-refractivity contribution in [3.63, 3.8) is 0 Å². The summed E-state index contributed by atoms with van der Waals surface area (Å²) in [5, 5.41) is 12.5. The molecule has 0 unspecified atom stereocenters. The standard InChI is InChI=1S/C27H35N5O2.C23H29N5O2.C4H7Br.CH2O3.2Cs.H/c1-27(2,3)18-32-23-11-10-22(28-25(23)29(4)26(32)34)21-7-5-6-20(14-21)15-30-12-13-31(24(33)17-30)16-19-8-9-19;1-23(2,3)15-28-19-9-8-18(25-21(19)26(4)22(28)30)17-7-5-6-16(12-17)13-27-11-10-24-20(29)14-27;5-3-4-1-2-4;2-1-4-3;;;/h5-7,10-11,14,19H,8-9,12-13,15-18H2,1-4H3;5-9,12H,10-11,13-15H2,1-4H3,(H,24,29);4H,1-3H2;1,3H;;;/q;;;;2*+1;-1/p-1. The van der Waals surface area contributed by atoms with E-state index < -0.39 is 0 Å². The van der Waals surface area contributed by atoms with Gasteiger partial charge in [0, 0.05) is 89.5 Å². The number of carbonyl (C=O) groups excluding carboxylic acids is 3. The number of imidazole rings is 2. The van der Waals surface area contributed by atoms with Crippen LogP contribution in [0.4, 0.5) is 0 Å². The van der Waals surface area contributed by atoms with Gasteiger partial charge >= 0.3 is 149 Å².